The van der Waals surface area contributed by atoms with Gasteiger partial charge in [-0.1, -0.05) is 94.8 Å². The predicted molar refractivity (Wildman–Crippen MR) is 147 cm³/mol. The summed E-state index contributed by atoms with van der Waals surface area (Å²) < 4.78 is 2.54. The first-order valence-electron chi connectivity index (χ1n) is 13.5. The number of hydrogen-bond acceptors (Lipinski definition) is 1. The number of benzene rings is 3. The van der Waals surface area contributed by atoms with Gasteiger partial charge in [0.2, 0.25) is 0 Å². The molecule has 1 aromatic heterocycles. The maximum atomic E-state index is 5.13. The number of rotatable bonds is 4. The highest BCUT2D eigenvalue weighted by Crippen LogP contribution is 2.58. The van der Waals surface area contributed by atoms with Crippen LogP contribution in [0.3, 0.4) is 0 Å². The van der Waals surface area contributed by atoms with Crippen LogP contribution >= 0.6 is 0 Å². The second-order valence-electron chi connectivity index (χ2n) is 12.0. The fraction of sp³-hybridized carbons (Fsp3) is 0.424. The molecule has 3 aromatic carbocycles. The number of aryl methyl sites for hydroxylation is 1. The molecule has 0 amide bonds. The minimum atomic E-state index is 0.231. The zero-order chi connectivity index (χ0) is 24.2. The van der Waals surface area contributed by atoms with Crippen LogP contribution in [0.25, 0.3) is 22.4 Å². The van der Waals surface area contributed by atoms with E-state index >= 15 is 0 Å². The van der Waals surface area contributed by atoms with E-state index in [1.807, 2.05) is 0 Å². The molecule has 0 unspecified atom stereocenters. The van der Waals surface area contributed by atoms with Crippen LogP contribution in [-0.4, -0.2) is 9.55 Å². The molecule has 180 valence electrons. The van der Waals surface area contributed by atoms with Gasteiger partial charge in [-0.2, -0.15) is 0 Å². The van der Waals surface area contributed by atoms with E-state index in [1.54, 1.807) is 11.1 Å². The van der Waals surface area contributed by atoms with Crippen molar-refractivity contribution in [3.05, 3.63) is 89.5 Å². The van der Waals surface area contributed by atoms with E-state index in [1.165, 1.54) is 48.7 Å². The standard InChI is InChI=1S/C33H38N2/c1-23(2)25-15-17-27-26(21-25)16-18-30-32(3,19-10-20-33(27,30)4)22-35-29-14-9-8-13-28(29)34-31(35)24-11-6-5-7-12-24/h5-9,11-15,17,21,23,30H,10,16,18-20,22H2,1-4H3/t30-,32+,33+/m0/s1. The molecule has 0 spiro atoms. The smallest absolute Gasteiger partial charge is 0.141 e. The number of fused-ring (bicyclic) bond motifs is 4. The van der Waals surface area contributed by atoms with E-state index in [2.05, 4.69) is 105 Å². The van der Waals surface area contributed by atoms with Gasteiger partial charge in [-0.15, -0.1) is 0 Å². The summed E-state index contributed by atoms with van der Waals surface area (Å²) in [6.45, 7) is 10.8. The first-order chi connectivity index (χ1) is 16.9. The van der Waals surface area contributed by atoms with Crippen LogP contribution in [0.5, 0.6) is 0 Å². The Labute approximate surface area is 210 Å². The highest BCUT2D eigenvalue weighted by atomic mass is 15.1. The van der Waals surface area contributed by atoms with Crippen molar-refractivity contribution in [1.29, 1.82) is 0 Å². The van der Waals surface area contributed by atoms with Gasteiger partial charge in [0.15, 0.2) is 0 Å². The average molecular weight is 463 g/mol. The number of nitrogens with zero attached hydrogens (tertiary/aromatic N) is 2. The van der Waals surface area contributed by atoms with Crippen molar-refractivity contribution in [3.8, 4) is 11.4 Å². The first kappa shape index (κ1) is 22.6. The molecule has 1 fully saturated rings. The number of imidazole rings is 1. The summed E-state index contributed by atoms with van der Waals surface area (Å²) in [6, 6.07) is 26.8. The number of para-hydroxylation sites is 2. The zero-order valence-electron chi connectivity index (χ0n) is 21.7. The van der Waals surface area contributed by atoms with Crippen LogP contribution in [-0.2, 0) is 18.4 Å². The van der Waals surface area contributed by atoms with Crippen LogP contribution in [0.4, 0.5) is 0 Å². The molecule has 2 aliphatic carbocycles. The second kappa shape index (κ2) is 8.36. The molecule has 2 aliphatic rings. The lowest BCUT2D eigenvalue weighted by Gasteiger charge is -2.56. The van der Waals surface area contributed by atoms with Crippen molar-refractivity contribution in [2.24, 2.45) is 11.3 Å². The lowest BCUT2D eigenvalue weighted by Crippen LogP contribution is -2.50. The van der Waals surface area contributed by atoms with E-state index in [9.17, 15) is 0 Å². The van der Waals surface area contributed by atoms with Gasteiger partial charge in [-0.05, 0) is 77.2 Å². The maximum Gasteiger partial charge on any atom is 0.141 e. The van der Waals surface area contributed by atoms with Crippen LogP contribution < -0.4 is 0 Å². The lowest BCUT2D eigenvalue weighted by atomic mass is 9.49. The van der Waals surface area contributed by atoms with E-state index in [0.29, 0.717) is 11.8 Å². The Morgan fingerprint density at radius 3 is 2.51 bits per heavy atom. The molecule has 2 nitrogen and oxygen atoms in total. The molecule has 35 heavy (non-hydrogen) atoms. The van der Waals surface area contributed by atoms with Crippen molar-refractivity contribution < 1.29 is 0 Å². The van der Waals surface area contributed by atoms with E-state index < -0.39 is 0 Å². The molecule has 0 saturated heterocycles. The molecule has 0 radical (unpaired) electrons. The molecular weight excluding hydrogens is 424 g/mol. The summed E-state index contributed by atoms with van der Waals surface area (Å²) in [5.41, 5.74) is 8.78. The minimum absolute atomic E-state index is 0.231. The molecule has 0 bridgehead atoms. The van der Waals surface area contributed by atoms with Gasteiger partial charge in [0.05, 0.1) is 11.0 Å². The lowest BCUT2D eigenvalue weighted by molar-refractivity contribution is 0.0130. The summed E-state index contributed by atoms with van der Waals surface area (Å²) >= 11 is 0. The van der Waals surface area contributed by atoms with Gasteiger partial charge in [-0.3, -0.25) is 0 Å². The average Bonchev–Trinajstić information content (AvgIpc) is 3.22. The highest BCUT2D eigenvalue weighted by Gasteiger charge is 2.52. The molecular formula is C33H38N2. The summed E-state index contributed by atoms with van der Waals surface area (Å²) in [5, 5.41) is 0. The monoisotopic (exact) mass is 462 g/mol. The quantitative estimate of drug-likeness (QED) is 0.297. The Bertz CT molecular complexity index is 1360. The third-order valence-corrected chi connectivity index (χ3v) is 9.37. The van der Waals surface area contributed by atoms with Crippen molar-refractivity contribution in [2.45, 2.75) is 77.7 Å². The number of aromatic nitrogens is 2. The molecule has 1 heterocycles. The SMILES string of the molecule is CC(C)c1ccc2c(c1)CC[C@H]1[C@@](C)(Cn3c(-c4ccccc4)nc4ccccc43)CCC[C@]21C. The predicted octanol–water partition coefficient (Wildman–Crippen LogP) is 8.54. The van der Waals surface area contributed by atoms with Gasteiger partial charge in [0.1, 0.15) is 5.82 Å². The van der Waals surface area contributed by atoms with Crippen LogP contribution in [0.2, 0.25) is 0 Å². The normalized spacial score (nSPS) is 26.0. The summed E-state index contributed by atoms with van der Waals surface area (Å²) in [5.74, 6) is 2.37. The largest absolute Gasteiger partial charge is 0.323 e. The molecule has 3 atom stereocenters. The highest BCUT2D eigenvalue weighted by molar-refractivity contribution is 5.80. The van der Waals surface area contributed by atoms with Gasteiger partial charge in [0, 0.05) is 12.1 Å². The van der Waals surface area contributed by atoms with Crippen molar-refractivity contribution in [3.63, 3.8) is 0 Å². The Kier molecular flexibility index (Phi) is 5.40. The van der Waals surface area contributed by atoms with Gasteiger partial charge >= 0.3 is 0 Å². The second-order valence-corrected chi connectivity index (χ2v) is 12.0. The van der Waals surface area contributed by atoms with E-state index in [0.717, 1.165) is 17.9 Å². The first-order valence-corrected chi connectivity index (χ1v) is 13.5. The summed E-state index contributed by atoms with van der Waals surface area (Å²) in [4.78, 5) is 5.13. The van der Waals surface area contributed by atoms with Gasteiger partial charge in [0.25, 0.3) is 0 Å². The minimum Gasteiger partial charge on any atom is -0.323 e. The Hall–Kier alpha value is -2.87. The Morgan fingerprint density at radius 2 is 1.71 bits per heavy atom. The van der Waals surface area contributed by atoms with Crippen LogP contribution in [0, 0.1) is 11.3 Å². The van der Waals surface area contributed by atoms with E-state index in [4.69, 9.17) is 4.98 Å². The summed E-state index contributed by atoms with van der Waals surface area (Å²) in [6.07, 6.45) is 6.38. The molecule has 4 aromatic rings. The fourth-order valence-electron chi connectivity index (χ4n) is 7.60. The van der Waals surface area contributed by atoms with Crippen molar-refractivity contribution >= 4 is 11.0 Å². The molecule has 0 N–H and O–H groups in total. The molecule has 1 saturated carbocycles. The van der Waals surface area contributed by atoms with Crippen LogP contribution in [0.15, 0.2) is 72.8 Å². The fourth-order valence-corrected chi connectivity index (χ4v) is 7.60. The Morgan fingerprint density at radius 1 is 0.943 bits per heavy atom. The molecule has 0 aliphatic heterocycles. The van der Waals surface area contributed by atoms with Crippen LogP contribution in [0.1, 0.15) is 76.0 Å². The molecule has 6 rings (SSSR count). The molecule has 2 heteroatoms. The van der Waals surface area contributed by atoms with E-state index in [-0.39, 0.29) is 10.8 Å². The third kappa shape index (κ3) is 3.64. The van der Waals surface area contributed by atoms with Crippen molar-refractivity contribution in [2.75, 3.05) is 0 Å². The summed E-state index contributed by atoms with van der Waals surface area (Å²) in [7, 11) is 0. The van der Waals surface area contributed by atoms with Gasteiger partial charge < -0.3 is 4.57 Å². The van der Waals surface area contributed by atoms with Crippen molar-refractivity contribution in [1.82, 2.24) is 9.55 Å². The number of hydrogen-bond donors (Lipinski definition) is 0. The topological polar surface area (TPSA) is 17.8 Å². The zero-order valence-corrected chi connectivity index (χ0v) is 21.7. The Balaban J connectivity index is 1.43. The third-order valence-electron chi connectivity index (χ3n) is 9.37. The van der Waals surface area contributed by atoms with Gasteiger partial charge in [-0.25, -0.2) is 4.98 Å². The maximum absolute atomic E-state index is 5.13.